The predicted molar refractivity (Wildman–Crippen MR) is 86.5 cm³/mol. The molecule has 2 atom stereocenters. The first kappa shape index (κ1) is 14.2. The van der Waals surface area contributed by atoms with Crippen LogP contribution in [0.5, 0.6) is 0 Å². The first-order valence-electron chi connectivity index (χ1n) is 7.89. The second-order valence-corrected chi connectivity index (χ2v) is 7.20. The summed E-state index contributed by atoms with van der Waals surface area (Å²) in [5.74, 6) is 1.59. The van der Waals surface area contributed by atoms with Crippen LogP contribution in [0, 0.1) is 11.8 Å². The van der Waals surface area contributed by atoms with E-state index in [9.17, 15) is 0 Å². The molecule has 1 saturated heterocycles. The summed E-state index contributed by atoms with van der Waals surface area (Å²) in [7, 11) is 0. The van der Waals surface area contributed by atoms with Crippen molar-refractivity contribution in [3.05, 3.63) is 28.8 Å². The van der Waals surface area contributed by atoms with E-state index < -0.39 is 0 Å². The van der Waals surface area contributed by atoms with Crippen LogP contribution >= 0.6 is 11.6 Å². The van der Waals surface area contributed by atoms with Crippen LogP contribution in [0.3, 0.4) is 0 Å². The van der Waals surface area contributed by atoms with E-state index >= 15 is 0 Å². The molecule has 2 fully saturated rings. The average molecular weight is 293 g/mol. The summed E-state index contributed by atoms with van der Waals surface area (Å²) in [6.07, 6.45) is 4.13. The highest BCUT2D eigenvalue weighted by molar-refractivity contribution is 6.33. The summed E-state index contributed by atoms with van der Waals surface area (Å²) in [6.45, 7) is 7.62. The van der Waals surface area contributed by atoms with Gasteiger partial charge in [-0.15, -0.1) is 0 Å². The standard InChI is InChI=1S/C17H25ClN2/c1-12(2)9-19-10-13-4-6-17(16(18)8-13)20-11-14-3-5-15(20)7-14/h4,6,8,12,14-15,19H,3,5,7,9-11H2,1-2H3. The molecular formula is C17H25ClN2. The normalized spacial score (nSPS) is 24.9. The lowest BCUT2D eigenvalue weighted by molar-refractivity contribution is 0.551. The molecule has 0 radical (unpaired) electrons. The molecule has 3 rings (SSSR count). The van der Waals surface area contributed by atoms with E-state index in [1.165, 1.54) is 37.1 Å². The minimum absolute atomic E-state index is 0.685. The molecule has 1 aromatic rings. The van der Waals surface area contributed by atoms with Crippen molar-refractivity contribution in [1.82, 2.24) is 5.32 Å². The lowest BCUT2D eigenvalue weighted by atomic mass is 10.1. The molecule has 1 N–H and O–H groups in total. The van der Waals surface area contributed by atoms with Crippen molar-refractivity contribution in [3.8, 4) is 0 Å². The number of fused-ring (bicyclic) bond motifs is 2. The van der Waals surface area contributed by atoms with Gasteiger partial charge >= 0.3 is 0 Å². The number of hydrogen-bond acceptors (Lipinski definition) is 2. The van der Waals surface area contributed by atoms with Crippen molar-refractivity contribution in [2.75, 3.05) is 18.0 Å². The molecule has 2 bridgehead atoms. The SMILES string of the molecule is CC(C)CNCc1ccc(N2CC3CCC2C3)c(Cl)c1. The number of anilines is 1. The number of benzene rings is 1. The summed E-state index contributed by atoms with van der Waals surface area (Å²) in [5, 5.41) is 4.39. The summed E-state index contributed by atoms with van der Waals surface area (Å²) in [4.78, 5) is 2.53. The van der Waals surface area contributed by atoms with Crippen molar-refractivity contribution < 1.29 is 0 Å². The van der Waals surface area contributed by atoms with Gasteiger partial charge in [-0.25, -0.2) is 0 Å². The highest BCUT2D eigenvalue weighted by Gasteiger charge is 2.38. The minimum Gasteiger partial charge on any atom is -0.367 e. The van der Waals surface area contributed by atoms with Crippen molar-refractivity contribution in [2.24, 2.45) is 11.8 Å². The van der Waals surface area contributed by atoms with Crippen LogP contribution in [-0.4, -0.2) is 19.1 Å². The molecule has 2 unspecified atom stereocenters. The second kappa shape index (κ2) is 5.95. The number of nitrogens with zero attached hydrogens (tertiary/aromatic N) is 1. The Morgan fingerprint density at radius 3 is 2.80 bits per heavy atom. The van der Waals surface area contributed by atoms with Gasteiger partial charge in [-0.3, -0.25) is 0 Å². The van der Waals surface area contributed by atoms with E-state index in [0.717, 1.165) is 30.1 Å². The molecule has 110 valence electrons. The fourth-order valence-electron chi connectivity index (χ4n) is 3.62. The van der Waals surface area contributed by atoms with Crippen LogP contribution in [0.15, 0.2) is 18.2 Å². The van der Waals surface area contributed by atoms with E-state index in [-0.39, 0.29) is 0 Å². The molecule has 3 heteroatoms. The number of piperidine rings is 1. The summed E-state index contributed by atoms with van der Waals surface area (Å²) >= 11 is 6.52. The van der Waals surface area contributed by atoms with Crippen molar-refractivity contribution in [3.63, 3.8) is 0 Å². The molecule has 1 aliphatic heterocycles. The van der Waals surface area contributed by atoms with Crippen molar-refractivity contribution in [2.45, 2.75) is 45.7 Å². The fourth-order valence-corrected chi connectivity index (χ4v) is 3.93. The molecule has 1 aromatic carbocycles. The van der Waals surface area contributed by atoms with Crippen molar-refractivity contribution >= 4 is 17.3 Å². The lowest BCUT2D eigenvalue weighted by Crippen LogP contribution is -2.32. The van der Waals surface area contributed by atoms with Gasteiger partial charge in [-0.05, 0) is 55.3 Å². The van der Waals surface area contributed by atoms with Gasteiger partial charge in [-0.2, -0.15) is 0 Å². The van der Waals surface area contributed by atoms with E-state index in [4.69, 9.17) is 11.6 Å². The largest absolute Gasteiger partial charge is 0.367 e. The Morgan fingerprint density at radius 1 is 1.35 bits per heavy atom. The first-order valence-corrected chi connectivity index (χ1v) is 8.27. The Kier molecular flexibility index (Phi) is 4.23. The van der Waals surface area contributed by atoms with Crippen LogP contribution in [0.25, 0.3) is 0 Å². The zero-order valence-corrected chi connectivity index (χ0v) is 13.3. The number of halogens is 1. The van der Waals surface area contributed by atoms with Gasteiger partial charge in [0.25, 0.3) is 0 Å². The summed E-state index contributed by atoms with van der Waals surface area (Å²) in [6, 6.07) is 7.31. The maximum Gasteiger partial charge on any atom is 0.0642 e. The fraction of sp³-hybridized carbons (Fsp3) is 0.647. The molecule has 1 aliphatic carbocycles. The molecule has 0 spiro atoms. The van der Waals surface area contributed by atoms with Gasteiger partial charge < -0.3 is 10.2 Å². The summed E-state index contributed by atoms with van der Waals surface area (Å²) < 4.78 is 0. The number of nitrogens with one attached hydrogen (secondary N) is 1. The molecule has 1 heterocycles. The quantitative estimate of drug-likeness (QED) is 0.880. The van der Waals surface area contributed by atoms with Gasteiger partial charge in [0.1, 0.15) is 0 Å². The average Bonchev–Trinajstić information content (AvgIpc) is 3.00. The smallest absolute Gasteiger partial charge is 0.0642 e. The molecule has 20 heavy (non-hydrogen) atoms. The van der Waals surface area contributed by atoms with Crippen molar-refractivity contribution in [1.29, 1.82) is 0 Å². The lowest BCUT2D eigenvalue weighted by Gasteiger charge is -2.30. The third-order valence-electron chi connectivity index (χ3n) is 4.61. The Balaban J connectivity index is 1.65. The van der Waals surface area contributed by atoms with E-state index in [0.29, 0.717) is 5.92 Å². The highest BCUT2D eigenvalue weighted by atomic mass is 35.5. The molecule has 2 nitrogen and oxygen atoms in total. The van der Waals surface area contributed by atoms with Crippen LogP contribution in [-0.2, 0) is 6.54 Å². The van der Waals surface area contributed by atoms with Crippen LogP contribution in [0.4, 0.5) is 5.69 Å². The zero-order chi connectivity index (χ0) is 14.1. The van der Waals surface area contributed by atoms with Gasteiger partial charge in [0.15, 0.2) is 0 Å². The van der Waals surface area contributed by atoms with Gasteiger partial charge in [-0.1, -0.05) is 31.5 Å². The van der Waals surface area contributed by atoms with Crippen LogP contribution < -0.4 is 10.2 Å². The van der Waals surface area contributed by atoms with Crippen LogP contribution in [0.2, 0.25) is 5.02 Å². The van der Waals surface area contributed by atoms with E-state index in [2.05, 4.69) is 42.3 Å². The van der Waals surface area contributed by atoms with Gasteiger partial charge in [0.2, 0.25) is 0 Å². The van der Waals surface area contributed by atoms with E-state index in [1.807, 2.05) is 0 Å². The maximum atomic E-state index is 6.52. The minimum atomic E-state index is 0.685. The topological polar surface area (TPSA) is 15.3 Å². The highest BCUT2D eigenvalue weighted by Crippen LogP contribution is 2.42. The van der Waals surface area contributed by atoms with Crippen LogP contribution in [0.1, 0.15) is 38.7 Å². The third-order valence-corrected chi connectivity index (χ3v) is 4.92. The third kappa shape index (κ3) is 2.96. The second-order valence-electron chi connectivity index (χ2n) is 6.80. The Bertz CT molecular complexity index is 472. The Morgan fingerprint density at radius 2 is 2.20 bits per heavy atom. The van der Waals surface area contributed by atoms with E-state index in [1.54, 1.807) is 0 Å². The number of hydrogen-bond donors (Lipinski definition) is 1. The Hall–Kier alpha value is -0.730. The molecular weight excluding hydrogens is 268 g/mol. The first-order chi connectivity index (χ1) is 9.63. The predicted octanol–water partition coefficient (Wildman–Crippen LogP) is 4.07. The molecule has 2 aliphatic rings. The molecule has 0 aromatic heterocycles. The maximum absolute atomic E-state index is 6.52. The Labute approximate surface area is 127 Å². The monoisotopic (exact) mass is 292 g/mol. The summed E-state index contributed by atoms with van der Waals surface area (Å²) in [5.41, 5.74) is 2.52. The molecule has 0 amide bonds. The molecule has 1 saturated carbocycles. The number of rotatable bonds is 5. The van der Waals surface area contributed by atoms with Gasteiger partial charge in [0, 0.05) is 19.1 Å². The zero-order valence-electron chi connectivity index (χ0n) is 12.5. The van der Waals surface area contributed by atoms with Gasteiger partial charge in [0.05, 0.1) is 10.7 Å².